The first-order valence-electron chi connectivity index (χ1n) is 8.68. The van der Waals surface area contributed by atoms with Gasteiger partial charge in [-0.15, -0.1) is 0 Å². The number of nitrogens with zero attached hydrogens (tertiary/aromatic N) is 1. The Morgan fingerprint density at radius 3 is 2.73 bits per heavy atom. The lowest BCUT2D eigenvalue weighted by atomic mass is 10.1. The van der Waals surface area contributed by atoms with Gasteiger partial charge in [-0.25, -0.2) is 0 Å². The van der Waals surface area contributed by atoms with E-state index in [4.69, 9.17) is 9.47 Å². The number of carbonyl (C=O) groups is 2. The summed E-state index contributed by atoms with van der Waals surface area (Å²) >= 11 is 0. The number of benzene rings is 2. The molecule has 0 saturated heterocycles. The van der Waals surface area contributed by atoms with E-state index in [1.807, 2.05) is 30.3 Å². The molecule has 0 fully saturated rings. The van der Waals surface area contributed by atoms with Crippen LogP contribution in [-0.4, -0.2) is 31.1 Å². The van der Waals surface area contributed by atoms with E-state index in [-0.39, 0.29) is 11.8 Å². The molecule has 1 heterocycles. The van der Waals surface area contributed by atoms with Crippen molar-refractivity contribution in [1.29, 1.82) is 0 Å². The number of hydrogen-bond donors (Lipinski definition) is 1. The summed E-state index contributed by atoms with van der Waals surface area (Å²) in [6, 6.07) is 14.8. The van der Waals surface area contributed by atoms with Gasteiger partial charge in [0.25, 0.3) is 5.91 Å². The molecule has 3 rings (SSSR count). The Morgan fingerprint density at radius 2 is 2.00 bits per heavy atom. The highest BCUT2D eigenvalue weighted by molar-refractivity contribution is 6.01. The number of anilines is 2. The molecule has 0 aliphatic carbocycles. The monoisotopic (exact) mass is 354 g/mol. The standard InChI is InChI=1S/C20H22N2O4/c1-3-19(23)21-15-9-10-18-17(13-15)22(20(24)14(2)26-18)11-12-25-16-7-5-4-6-8-16/h4-10,13-14H,3,11-12H2,1-2H3,(H,21,23). The summed E-state index contributed by atoms with van der Waals surface area (Å²) in [7, 11) is 0. The molecular formula is C20H22N2O4. The van der Waals surface area contributed by atoms with Crippen molar-refractivity contribution < 1.29 is 19.1 Å². The fourth-order valence-electron chi connectivity index (χ4n) is 2.74. The molecule has 1 aliphatic rings. The fraction of sp³-hybridized carbons (Fsp3) is 0.300. The van der Waals surface area contributed by atoms with Crippen LogP contribution in [0.3, 0.4) is 0 Å². The second-order valence-electron chi connectivity index (χ2n) is 6.00. The van der Waals surface area contributed by atoms with Crippen LogP contribution in [0.25, 0.3) is 0 Å². The van der Waals surface area contributed by atoms with E-state index in [1.165, 1.54) is 0 Å². The molecule has 0 aromatic heterocycles. The van der Waals surface area contributed by atoms with E-state index in [0.717, 1.165) is 5.75 Å². The first kappa shape index (κ1) is 17.8. The molecule has 0 radical (unpaired) electrons. The SMILES string of the molecule is CCC(=O)Nc1ccc2c(c1)N(CCOc1ccccc1)C(=O)C(C)O2. The molecule has 2 amide bonds. The summed E-state index contributed by atoms with van der Waals surface area (Å²) in [5, 5.41) is 2.81. The highest BCUT2D eigenvalue weighted by Crippen LogP contribution is 2.36. The minimum absolute atomic E-state index is 0.0830. The summed E-state index contributed by atoms with van der Waals surface area (Å²) in [4.78, 5) is 25.9. The number of amides is 2. The lowest BCUT2D eigenvalue weighted by Crippen LogP contribution is -2.46. The van der Waals surface area contributed by atoms with Crippen LogP contribution in [0.1, 0.15) is 20.3 Å². The zero-order valence-electron chi connectivity index (χ0n) is 14.9. The first-order valence-corrected chi connectivity index (χ1v) is 8.68. The van der Waals surface area contributed by atoms with E-state index in [1.54, 1.807) is 36.9 Å². The van der Waals surface area contributed by atoms with Crippen LogP contribution in [0.4, 0.5) is 11.4 Å². The predicted molar refractivity (Wildman–Crippen MR) is 99.7 cm³/mol. The second-order valence-corrected chi connectivity index (χ2v) is 6.00. The lowest BCUT2D eigenvalue weighted by Gasteiger charge is -2.33. The summed E-state index contributed by atoms with van der Waals surface area (Å²) in [5.41, 5.74) is 1.27. The molecule has 136 valence electrons. The van der Waals surface area contributed by atoms with Crippen molar-refractivity contribution in [1.82, 2.24) is 0 Å². The summed E-state index contributed by atoms with van der Waals surface area (Å²) in [6.07, 6.45) is -0.173. The number of para-hydroxylation sites is 1. The molecule has 1 atom stereocenters. The zero-order chi connectivity index (χ0) is 18.5. The van der Waals surface area contributed by atoms with Crippen LogP contribution in [0.5, 0.6) is 11.5 Å². The van der Waals surface area contributed by atoms with Crippen molar-refractivity contribution in [2.75, 3.05) is 23.4 Å². The van der Waals surface area contributed by atoms with Crippen molar-refractivity contribution in [3.8, 4) is 11.5 Å². The van der Waals surface area contributed by atoms with E-state index in [0.29, 0.717) is 36.7 Å². The number of carbonyl (C=O) groups excluding carboxylic acids is 2. The maximum absolute atomic E-state index is 12.6. The molecule has 1 unspecified atom stereocenters. The molecule has 2 aromatic carbocycles. The van der Waals surface area contributed by atoms with E-state index < -0.39 is 6.10 Å². The third-order valence-corrected chi connectivity index (χ3v) is 4.10. The molecule has 6 nitrogen and oxygen atoms in total. The number of ether oxygens (including phenoxy) is 2. The first-order chi connectivity index (χ1) is 12.6. The van der Waals surface area contributed by atoms with Crippen LogP contribution in [0.2, 0.25) is 0 Å². The quantitative estimate of drug-likeness (QED) is 0.865. The average molecular weight is 354 g/mol. The summed E-state index contributed by atoms with van der Waals surface area (Å²) in [6.45, 7) is 4.26. The maximum atomic E-state index is 12.6. The lowest BCUT2D eigenvalue weighted by molar-refractivity contribution is -0.125. The van der Waals surface area contributed by atoms with Crippen LogP contribution in [-0.2, 0) is 9.59 Å². The zero-order valence-corrected chi connectivity index (χ0v) is 14.9. The Morgan fingerprint density at radius 1 is 1.23 bits per heavy atom. The molecule has 1 N–H and O–H groups in total. The topological polar surface area (TPSA) is 67.9 Å². The van der Waals surface area contributed by atoms with Crippen LogP contribution in [0.15, 0.2) is 48.5 Å². The smallest absolute Gasteiger partial charge is 0.267 e. The van der Waals surface area contributed by atoms with Gasteiger partial charge in [0.2, 0.25) is 5.91 Å². The van der Waals surface area contributed by atoms with Gasteiger partial charge in [-0.2, -0.15) is 0 Å². The van der Waals surface area contributed by atoms with Crippen molar-refractivity contribution in [3.05, 3.63) is 48.5 Å². The minimum Gasteiger partial charge on any atom is -0.492 e. The summed E-state index contributed by atoms with van der Waals surface area (Å²) < 4.78 is 11.4. The Labute approximate surface area is 152 Å². The van der Waals surface area contributed by atoms with Gasteiger partial charge in [0.1, 0.15) is 18.1 Å². The van der Waals surface area contributed by atoms with Crippen molar-refractivity contribution >= 4 is 23.2 Å². The van der Waals surface area contributed by atoms with Crippen molar-refractivity contribution in [3.63, 3.8) is 0 Å². The predicted octanol–water partition coefficient (Wildman–Crippen LogP) is 3.23. The van der Waals surface area contributed by atoms with Gasteiger partial charge in [0.05, 0.1) is 12.2 Å². The highest BCUT2D eigenvalue weighted by Gasteiger charge is 2.31. The van der Waals surface area contributed by atoms with Gasteiger partial charge >= 0.3 is 0 Å². The molecule has 1 aliphatic heterocycles. The Hall–Kier alpha value is -3.02. The maximum Gasteiger partial charge on any atom is 0.267 e. The van der Waals surface area contributed by atoms with Gasteiger partial charge < -0.3 is 19.7 Å². The summed E-state index contributed by atoms with van der Waals surface area (Å²) in [5.74, 6) is 1.16. The van der Waals surface area contributed by atoms with E-state index in [2.05, 4.69) is 5.32 Å². The molecular weight excluding hydrogens is 332 g/mol. The van der Waals surface area contributed by atoms with Crippen molar-refractivity contribution in [2.45, 2.75) is 26.4 Å². The van der Waals surface area contributed by atoms with Gasteiger partial charge in [0.15, 0.2) is 6.10 Å². The Bertz CT molecular complexity index is 792. The molecule has 0 saturated carbocycles. The molecule has 2 aromatic rings. The Balaban J connectivity index is 1.77. The number of fused-ring (bicyclic) bond motifs is 1. The van der Waals surface area contributed by atoms with Gasteiger partial charge in [0, 0.05) is 12.1 Å². The number of rotatable bonds is 6. The molecule has 26 heavy (non-hydrogen) atoms. The normalized spacial score (nSPS) is 15.8. The van der Waals surface area contributed by atoms with Crippen LogP contribution in [0, 0.1) is 0 Å². The van der Waals surface area contributed by atoms with E-state index >= 15 is 0 Å². The van der Waals surface area contributed by atoms with Gasteiger partial charge in [-0.1, -0.05) is 25.1 Å². The Kier molecular flexibility index (Phi) is 5.41. The molecule has 0 bridgehead atoms. The van der Waals surface area contributed by atoms with Crippen molar-refractivity contribution in [2.24, 2.45) is 0 Å². The third kappa shape index (κ3) is 3.96. The minimum atomic E-state index is -0.560. The third-order valence-electron chi connectivity index (χ3n) is 4.10. The van der Waals surface area contributed by atoms with Gasteiger partial charge in [-0.05, 0) is 37.3 Å². The number of hydrogen-bond acceptors (Lipinski definition) is 4. The highest BCUT2D eigenvalue weighted by atomic mass is 16.5. The average Bonchev–Trinajstić information content (AvgIpc) is 2.66. The van der Waals surface area contributed by atoms with Crippen LogP contribution < -0.4 is 19.7 Å². The molecule has 6 heteroatoms. The largest absolute Gasteiger partial charge is 0.492 e. The number of nitrogens with one attached hydrogen (secondary N) is 1. The second kappa shape index (κ2) is 7.91. The van der Waals surface area contributed by atoms with E-state index in [9.17, 15) is 9.59 Å². The van der Waals surface area contributed by atoms with Crippen LogP contribution >= 0.6 is 0 Å². The van der Waals surface area contributed by atoms with Gasteiger partial charge in [-0.3, -0.25) is 9.59 Å². The fourth-order valence-corrected chi connectivity index (χ4v) is 2.74. The molecule has 0 spiro atoms.